The number of rotatable bonds is 3. The van der Waals surface area contributed by atoms with Crippen LogP contribution in [0, 0.1) is 0 Å². The molecule has 0 bridgehead atoms. The predicted octanol–water partition coefficient (Wildman–Crippen LogP) is 3.98. The molecule has 1 fully saturated rings. The van der Waals surface area contributed by atoms with Crippen molar-refractivity contribution < 1.29 is 4.74 Å². The molecule has 0 radical (unpaired) electrons. The van der Waals surface area contributed by atoms with Crippen LogP contribution in [0.2, 0.25) is 5.02 Å². The SMILES string of the molecule is CNC1CCCCC(c2cc(Cl)ccc2OC)C1. The van der Waals surface area contributed by atoms with Crippen LogP contribution in [0.25, 0.3) is 0 Å². The van der Waals surface area contributed by atoms with Gasteiger partial charge in [0.15, 0.2) is 0 Å². The summed E-state index contributed by atoms with van der Waals surface area (Å²) in [7, 11) is 3.79. The molecule has 0 saturated heterocycles. The summed E-state index contributed by atoms with van der Waals surface area (Å²) >= 11 is 6.13. The molecular formula is C15H22ClNO. The van der Waals surface area contributed by atoms with E-state index >= 15 is 0 Å². The maximum absolute atomic E-state index is 6.13. The molecule has 0 aromatic heterocycles. The van der Waals surface area contributed by atoms with E-state index in [1.54, 1.807) is 7.11 Å². The molecule has 2 rings (SSSR count). The summed E-state index contributed by atoms with van der Waals surface area (Å²) in [4.78, 5) is 0. The van der Waals surface area contributed by atoms with E-state index in [1.165, 1.54) is 37.7 Å². The third-order valence-electron chi connectivity index (χ3n) is 3.96. The van der Waals surface area contributed by atoms with Gasteiger partial charge in [0.1, 0.15) is 5.75 Å². The first-order valence-corrected chi connectivity index (χ1v) is 7.13. The van der Waals surface area contributed by atoms with Crippen molar-refractivity contribution in [3.63, 3.8) is 0 Å². The Labute approximate surface area is 115 Å². The minimum atomic E-state index is 0.554. The number of halogens is 1. The lowest BCUT2D eigenvalue weighted by Crippen LogP contribution is -2.25. The quantitative estimate of drug-likeness (QED) is 0.837. The Morgan fingerprint density at radius 3 is 2.78 bits per heavy atom. The molecule has 1 aromatic rings. The molecule has 2 nitrogen and oxygen atoms in total. The fraction of sp³-hybridized carbons (Fsp3) is 0.600. The second-order valence-corrected chi connectivity index (χ2v) is 5.53. The van der Waals surface area contributed by atoms with Crippen molar-refractivity contribution in [2.75, 3.05) is 14.2 Å². The van der Waals surface area contributed by atoms with Gasteiger partial charge >= 0.3 is 0 Å². The molecule has 100 valence electrons. The maximum Gasteiger partial charge on any atom is 0.122 e. The van der Waals surface area contributed by atoms with E-state index < -0.39 is 0 Å². The van der Waals surface area contributed by atoms with Gasteiger partial charge in [-0.2, -0.15) is 0 Å². The average Bonchev–Trinajstić information content (AvgIpc) is 2.64. The highest BCUT2D eigenvalue weighted by molar-refractivity contribution is 6.30. The summed E-state index contributed by atoms with van der Waals surface area (Å²) in [5.74, 6) is 1.53. The average molecular weight is 268 g/mol. The van der Waals surface area contributed by atoms with Crippen LogP contribution in [-0.2, 0) is 0 Å². The van der Waals surface area contributed by atoms with Crippen LogP contribution in [0.3, 0.4) is 0 Å². The third kappa shape index (κ3) is 3.18. The zero-order valence-corrected chi connectivity index (χ0v) is 12.0. The summed E-state index contributed by atoms with van der Waals surface area (Å²) in [6.07, 6.45) is 6.28. The largest absolute Gasteiger partial charge is 0.496 e. The van der Waals surface area contributed by atoms with Crippen molar-refractivity contribution in [2.24, 2.45) is 0 Å². The number of nitrogens with one attached hydrogen (secondary N) is 1. The van der Waals surface area contributed by atoms with Crippen LogP contribution in [0.4, 0.5) is 0 Å². The van der Waals surface area contributed by atoms with Gasteiger partial charge in [0.05, 0.1) is 7.11 Å². The van der Waals surface area contributed by atoms with Gasteiger partial charge in [0.25, 0.3) is 0 Å². The fourth-order valence-electron chi connectivity index (χ4n) is 2.93. The molecule has 1 aromatic carbocycles. The van der Waals surface area contributed by atoms with Gasteiger partial charge in [-0.25, -0.2) is 0 Å². The standard InChI is InChI=1S/C15H22ClNO/c1-17-13-6-4-3-5-11(9-13)14-10-12(16)7-8-15(14)18-2/h7-8,10-11,13,17H,3-6,9H2,1-2H3. The van der Waals surface area contributed by atoms with Gasteiger partial charge in [-0.15, -0.1) is 0 Å². The molecule has 1 aliphatic rings. The molecule has 3 heteroatoms. The van der Waals surface area contributed by atoms with Gasteiger partial charge in [0.2, 0.25) is 0 Å². The summed E-state index contributed by atoms with van der Waals surface area (Å²) in [6, 6.07) is 6.57. The molecule has 2 atom stereocenters. The molecule has 0 aliphatic heterocycles. The minimum absolute atomic E-state index is 0.554. The van der Waals surface area contributed by atoms with E-state index in [0.29, 0.717) is 12.0 Å². The zero-order valence-electron chi connectivity index (χ0n) is 11.2. The highest BCUT2D eigenvalue weighted by Crippen LogP contribution is 2.37. The molecule has 0 amide bonds. The summed E-state index contributed by atoms with van der Waals surface area (Å²) in [5, 5.41) is 4.22. The molecule has 1 saturated carbocycles. The Hall–Kier alpha value is -0.730. The topological polar surface area (TPSA) is 21.3 Å². The van der Waals surface area contributed by atoms with Gasteiger partial charge in [0, 0.05) is 11.1 Å². The van der Waals surface area contributed by atoms with Crippen molar-refractivity contribution in [1.82, 2.24) is 5.32 Å². The number of hydrogen-bond acceptors (Lipinski definition) is 2. The smallest absolute Gasteiger partial charge is 0.122 e. The number of hydrogen-bond donors (Lipinski definition) is 1. The van der Waals surface area contributed by atoms with Crippen LogP contribution >= 0.6 is 11.6 Å². The van der Waals surface area contributed by atoms with Crippen molar-refractivity contribution in [3.05, 3.63) is 28.8 Å². The summed E-state index contributed by atoms with van der Waals surface area (Å²) < 4.78 is 5.48. The van der Waals surface area contributed by atoms with Gasteiger partial charge in [-0.1, -0.05) is 24.4 Å². The normalized spacial score (nSPS) is 24.6. The van der Waals surface area contributed by atoms with E-state index in [-0.39, 0.29) is 0 Å². The second-order valence-electron chi connectivity index (χ2n) is 5.09. The Bertz CT molecular complexity index is 394. The van der Waals surface area contributed by atoms with Gasteiger partial charge in [-0.3, -0.25) is 0 Å². The number of benzene rings is 1. The molecule has 2 unspecified atom stereocenters. The van der Waals surface area contributed by atoms with Crippen molar-refractivity contribution >= 4 is 11.6 Å². The Morgan fingerprint density at radius 1 is 1.28 bits per heavy atom. The van der Waals surface area contributed by atoms with Crippen LogP contribution in [0.5, 0.6) is 5.75 Å². The third-order valence-corrected chi connectivity index (χ3v) is 4.20. The van der Waals surface area contributed by atoms with Crippen molar-refractivity contribution in [3.8, 4) is 5.75 Å². The lowest BCUT2D eigenvalue weighted by molar-refractivity contribution is 0.397. The zero-order chi connectivity index (χ0) is 13.0. The summed E-state index contributed by atoms with van der Waals surface area (Å²) in [5.41, 5.74) is 1.27. The van der Waals surface area contributed by atoms with Gasteiger partial charge < -0.3 is 10.1 Å². The van der Waals surface area contributed by atoms with E-state index in [4.69, 9.17) is 16.3 Å². The van der Waals surface area contributed by atoms with E-state index in [0.717, 1.165) is 10.8 Å². The summed E-state index contributed by atoms with van der Waals surface area (Å²) in [6.45, 7) is 0. The van der Waals surface area contributed by atoms with Gasteiger partial charge in [-0.05, 0) is 56.0 Å². The van der Waals surface area contributed by atoms with Crippen molar-refractivity contribution in [2.45, 2.75) is 44.1 Å². The lowest BCUT2D eigenvalue weighted by atomic mass is 9.89. The van der Waals surface area contributed by atoms with Crippen LogP contribution in [0.15, 0.2) is 18.2 Å². The first-order valence-electron chi connectivity index (χ1n) is 6.75. The number of methoxy groups -OCH3 is 1. The number of ether oxygens (including phenoxy) is 1. The highest BCUT2D eigenvalue weighted by atomic mass is 35.5. The monoisotopic (exact) mass is 267 g/mol. The highest BCUT2D eigenvalue weighted by Gasteiger charge is 2.23. The Kier molecular flexibility index (Phi) is 4.90. The molecule has 1 aliphatic carbocycles. The molecule has 18 heavy (non-hydrogen) atoms. The minimum Gasteiger partial charge on any atom is -0.496 e. The van der Waals surface area contributed by atoms with E-state index in [9.17, 15) is 0 Å². The van der Waals surface area contributed by atoms with Crippen LogP contribution < -0.4 is 10.1 Å². The van der Waals surface area contributed by atoms with E-state index in [1.807, 2.05) is 12.1 Å². The first kappa shape index (κ1) is 13.7. The van der Waals surface area contributed by atoms with Crippen LogP contribution in [0.1, 0.15) is 43.6 Å². The first-order chi connectivity index (χ1) is 8.74. The Morgan fingerprint density at radius 2 is 2.06 bits per heavy atom. The molecule has 0 spiro atoms. The van der Waals surface area contributed by atoms with Crippen LogP contribution in [-0.4, -0.2) is 20.2 Å². The lowest BCUT2D eigenvalue weighted by Gasteiger charge is -2.22. The van der Waals surface area contributed by atoms with Crippen molar-refractivity contribution in [1.29, 1.82) is 0 Å². The molecule has 1 N–H and O–H groups in total. The maximum atomic E-state index is 6.13. The fourth-order valence-corrected chi connectivity index (χ4v) is 3.11. The second kappa shape index (κ2) is 6.44. The Balaban J connectivity index is 2.25. The molecular weight excluding hydrogens is 246 g/mol. The predicted molar refractivity (Wildman–Crippen MR) is 76.7 cm³/mol. The molecule has 0 heterocycles. The van der Waals surface area contributed by atoms with E-state index in [2.05, 4.69) is 18.4 Å².